The van der Waals surface area contributed by atoms with Crippen LogP contribution >= 0.6 is 11.1 Å². The third-order valence-corrected chi connectivity index (χ3v) is 0. The van der Waals surface area contributed by atoms with E-state index in [1.165, 1.54) is 9.76 Å². The lowest BCUT2D eigenvalue weighted by molar-refractivity contribution is 2.50. The molecule has 3 heteroatoms. The minimum atomic E-state index is 0. The van der Waals surface area contributed by atoms with Crippen LogP contribution in [-0.2, 0) is 0 Å². The topological polar surface area (TPSA) is 0 Å². The molecule has 0 aromatic carbocycles. The van der Waals surface area contributed by atoms with Gasteiger partial charge in [-0.15, -0.1) is 0 Å². The SMILES string of the molecule is C.[SiH3][SiH2]Cl. The van der Waals surface area contributed by atoms with E-state index in [-0.39, 0.29) is 15.8 Å². The van der Waals surface area contributed by atoms with E-state index in [0.717, 1.165) is 0 Å². The molecule has 0 saturated carbocycles. The van der Waals surface area contributed by atoms with Gasteiger partial charge in [0, 0.05) is 9.76 Å². The molecular weight excluding hydrogens is 104 g/mol. The van der Waals surface area contributed by atoms with Gasteiger partial charge in [-0.05, 0) is 0 Å². The molecular formula is CH9ClSi2. The maximum atomic E-state index is 5.20. The zero-order chi connectivity index (χ0) is 2.71. The molecule has 0 aromatic rings. The number of hydrogen-bond donors (Lipinski definition) is 0. The molecule has 28 valence electrons. The van der Waals surface area contributed by atoms with Crippen molar-refractivity contribution in [1.82, 2.24) is 0 Å². The molecule has 0 amide bonds. The van der Waals surface area contributed by atoms with Gasteiger partial charge in [0.25, 0.3) is 0 Å². The van der Waals surface area contributed by atoms with Gasteiger partial charge in [-0.1, -0.05) is 7.43 Å². The smallest absolute Gasteiger partial charge is 0.106 e. The number of halogens is 1. The fraction of sp³-hybridized carbons (Fsp3) is 1.00. The van der Waals surface area contributed by atoms with E-state index in [1.54, 1.807) is 0 Å². The van der Waals surface area contributed by atoms with Gasteiger partial charge in [0.15, 0.2) is 0 Å². The number of hydrogen-bond acceptors (Lipinski definition) is 0. The van der Waals surface area contributed by atoms with Gasteiger partial charge in [-0.3, -0.25) is 0 Å². The first-order valence-corrected chi connectivity index (χ1v) is 8.77. The molecule has 0 aliphatic rings. The summed E-state index contributed by atoms with van der Waals surface area (Å²) in [6.45, 7) is 0. The highest BCUT2D eigenvalue weighted by Gasteiger charge is 1.43. The Balaban J connectivity index is 0. The van der Waals surface area contributed by atoms with E-state index in [9.17, 15) is 0 Å². The summed E-state index contributed by atoms with van der Waals surface area (Å²) in [7, 11) is 1.30. The van der Waals surface area contributed by atoms with Crippen LogP contribution in [-0.4, -0.2) is 18.1 Å². The van der Waals surface area contributed by atoms with Crippen molar-refractivity contribution in [2.24, 2.45) is 0 Å². The van der Waals surface area contributed by atoms with Gasteiger partial charge in [0.1, 0.15) is 8.35 Å². The third kappa shape index (κ3) is 15.5. The molecule has 0 fully saturated rings. The molecule has 0 atom stereocenters. The van der Waals surface area contributed by atoms with Gasteiger partial charge < -0.3 is 0 Å². The summed E-state index contributed by atoms with van der Waals surface area (Å²) >= 11 is 5.20. The molecule has 0 aliphatic heterocycles. The highest BCUT2D eigenvalue weighted by atomic mass is 35.6. The minimum absolute atomic E-state index is 0. The minimum Gasteiger partial charge on any atom is -0.181 e. The normalized spacial score (nSPS) is 8.25. The second-order valence-corrected chi connectivity index (χ2v) is 7.22. The molecule has 0 unspecified atom stereocenters. The Kier molecular flexibility index (Phi) is 20.5. The lowest BCUT2D eigenvalue weighted by Crippen LogP contribution is -1.62. The van der Waals surface area contributed by atoms with Crippen molar-refractivity contribution in [2.45, 2.75) is 7.43 Å². The van der Waals surface area contributed by atoms with E-state index in [0.29, 0.717) is 0 Å². The summed E-state index contributed by atoms with van der Waals surface area (Å²) in [5, 5.41) is 0. The van der Waals surface area contributed by atoms with Crippen LogP contribution in [0.15, 0.2) is 0 Å². The van der Waals surface area contributed by atoms with Crippen molar-refractivity contribution in [3.05, 3.63) is 0 Å². The summed E-state index contributed by atoms with van der Waals surface area (Å²) in [4.78, 5) is 0. The van der Waals surface area contributed by atoms with E-state index in [1.807, 2.05) is 0 Å². The molecule has 0 spiro atoms. The molecule has 0 nitrogen and oxygen atoms in total. The Labute approximate surface area is 37.3 Å². The summed E-state index contributed by atoms with van der Waals surface area (Å²) in [6, 6.07) is 0. The zero-order valence-corrected chi connectivity index (χ0v) is 6.26. The van der Waals surface area contributed by atoms with Crippen molar-refractivity contribution in [2.75, 3.05) is 0 Å². The van der Waals surface area contributed by atoms with Crippen molar-refractivity contribution in [1.29, 1.82) is 0 Å². The van der Waals surface area contributed by atoms with Crippen molar-refractivity contribution in [3.63, 3.8) is 0 Å². The Hall–Kier alpha value is 0.724. The lowest BCUT2D eigenvalue weighted by Gasteiger charge is -1.41. The first kappa shape index (κ1) is 8.83. The first-order valence-electron chi connectivity index (χ1n) is 0.974. The molecule has 0 aromatic heterocycles. The maximum Gasteiger partial charge on any atom is 0.106 e. The van der Waals surface area contributed by atoms with Crippen LogP contribution < -0.4 is 0 Å². The van der Waals surface area contributed by atoms with E-state index in [2.05, 4.69) is 0 Å². The highest BCUT2D eigenvalue weighted by Crippen LogP contribution is 1.46. The maximum absolute atomic E-state index is 5.20. The van der Waals surface area contributed by atoms with Crippen LogP contribution in [0.5, 0.6) is 0 Å². The molecule has 4 heavy (non-hydrogen) atoms. The van der Waals surface area contributed by atoms with Crippen LogP contribution in [0.3, 0.4) is 0 Å². The van der Waals surface area contributed by atoms with Gasteiger partial charge in [0.2, 0.25) is 0 Å². The highest BCUT2D eigenvalue weighted by molar-refractivity contribution is 7.19. The molecule has 0 bridgehead atoms. The Morgan fingerprint density at radius 1 is 1.75 bits per heavy atom. The van der Waals surface area contributed by atoms with Gasteiger partial charge in [0.05, 0.1) is 0 Å². The summed E-state index contributed by atoms with van der Waals surface area (Å²) in [5.74, 6) is 0. The fourth-order valence-electron chi connectivity index (χ4n) is 0. The third-order valence-electron chi connectivity index (χ3n) is 0. The van der Waals surface area contributed by atoms with Crippen molar-refractivity contribution >= 4 is 29.2 Å². The van der Waals surface area contributed by atoms with Crippen molar-refractivity contribution < 1.29 is 0 Å². The Morgan fingerprint density at radius 3 is 1.75 bits per heavy atom. The number of rotatable bonds is 0. The largest absolute Gasteiger partial charge is 0.181 e. The van der Waals surface area contributed by atoms with Crippen LogP contribution in [0, 0.1) is 0 Å². The molecule has 0 radical (unpaired) electrons. The molecule has 0 rings (SSSR count). The second kappa shape index (κ2) is 9.30. The predicted molar refractivity (Wildman–Crippen MR) is 31.1 cm³/mol. The van der Waals surface area contributed by atoms with Gasteiger partial charge in [-0.2, -0.15) is 11.1 Å². The summed E-state index contributed by atoms with van der Waals surface area (Å²) in [5.41, 5.74) is 0. The van der Waals surface area contributed by atoms with E-state index >= 15 is 0 Å². The predicted octanol–water partition coefficient (Wildman–Crippen LogP) is -0.774. The van der Waals surface area contributed by atoms with Crippen molar-refractivity contribution in [3.8, 4) is 0 Å². The van der Waals surface area contributed by atoms with Crippen LogP contribution in [0.4, 0.5) is 0 Å². The summed E-state index contributed by atoms with van der Waals surface area (Å²) < 4.78 is 0. The molecule has 0 saturated heterocycles. The molecule has 0 heterocycles. The lowest BCUT2D eigenvalue weighted by atomic mass is 12.0. The van der Waals surface area contributed by atoms with Crippen LogP contribution in [0.25, 0.3) is 0 Å². The van der Waals surface area contributed by atoms with Crippen LogP contribution in [0.2, 0.25) is 0 Å². The molecule has 0 N–H and O–H groups in total. The Bertz CT molecular complexity index is 6.00. The molecule has 0 aliphatic carbocycles. The summed E-state index contributed by atoms with van der Waals surface area (Å²) in [6.07, 6.45) is 0. The van der Waals surface area contributed by atoms with E-state index in [4.69, 9.17) is 11.1 Å². The quantitative estimate of drug-likeness (QED) is 0.285. The fourth-order valence-corrected chi connectivity index (χ4v) is 0. The van der Waals surface area contributed by atoms with E-state index < -0.39 is 0 Å². The Morgan fingerprint density at radius 2 is 1.75 bits per heavy atom. The first-order chi connectivity index (χ1) is 1.41. The van der Waals surface area contributed by atoms with Crippen LogP contribution in [0.1, 0.15) is 7.43 Å². The van der Waals surface area contributed by atoms with Gasteiger partial charge >= 0.3 is 0 Å². The monoisotopic (exact) mass is 112 g/mol. The zero-order valence-electron chi connectivity index (χ0n) is 2.09. The average Bonchev–Trinajstić information content (AvgIpc) is 0.918. The standard InChI is InChI=1S/CH4.ClH5Si2/c;1-3-2/h1H4;3H2,2H3. The van der Waals surface area contributed by atoms with Gasteiger partial charge in [-0.25, -0.2) is 0 Å². The second-order valence-electron chi connectivity index (χ2n) is 0.267. The average molecular weight is 113 g/mol.